The summed E-state index contributed by atoms with van der Waals surface area (Å²) in [4.78, 5) is 26.3. The van der Waals surface area contributed by atoms with E-state index in [1.54, 1.807) is 16.2 Å². The summed E-state index contributed by atoms with van der Waals surface area (Å²) in [5, 5.41) is 2.03. The first-order valence-electron chi connectivity index (χ1n) is 6.25. The molecular formula is C13H18N2O2S. The van der Waals surface area contributed by atoms with Crippen LogP contribution in [0.1, 0.15) is 37.0 Å². The van der Waals surface area contributed by atoms with Gasteiger partial charge in [-0.3, -0.25) is 9.59 Å². The first-order chi connectivity index (χ1) is 8.63. The van der Waals surface area contributed by atoms with Gasteiger partial charge in [0, 0.05) is 23.8 Å². The largest absolute Gasteiger partial charge is 0.368 e. The third-order valence-corrected chi connectivity index (χ3v) is 4.53. The number of piperidine rings is 1. The Kier molecular flexibility index (Phi) is 4.01. The van der Waals surface area contributed by atoms with Crippen molar-refractivity contribution in [1.29, 1.82) is 0 Å². The van der Waals surface area contributed by atoms with Crippen LogP contribution in [-0.2, 0) is 9.59 Å². The number of nitrogens with two attached hydrogens (primary N) is 1. The molecule has 1 aliphatic heterocycles. The first kappa shape index (κ1) is 13.1. The summed E-state index contributed by atoms with van der Waals surface area (Å²) in [5.41, 5.74) is 5.34. The molecule has 18 heavy (non-hydrogen) atoms. The second kappa shape index (κ2) is 5.52. The highest BCUT2D eigenvalue weighted by Crippen LogP contribution is 2.32. The second-order valence-electron chi connectivity index (χ2n) is 4.62. The fourth-order valence-corrected chi connectivity index (χ4v) is 3.39. The summed E-state index contributed by atoms with van der Waals surface area (Å²) in [7, 11) is 0. The molecule has 0 bridgehead atoms. The first-order valence-corrected chi connectivity index (χ1v) is 7.13. The molecule has 0 aliphatic carbocycles. The average Bonchev–Trinajstić information content (AvgIpc) is 2.85. The molecule has 5 heteroatoms. The van der Waals surface area contributed by atoms with E-state index >= 15 is 0 Å². The molecule has 2 amide bonds. The molecule has 2 atom stereocenters. The Morgan fingerprint density at radius 1 is 1.67 bits per heavy atom. The van der Waals surface area contributed by atoms with Crippen LogP contribution in [0.2, 0.25) is 0 Å². The Balaban J connectivity index is 2.04. The highest BCUT2D eigenvalue weighted by molar-refractivity contribution is 7.10. The van der Waals surface area contributed by atoms with E-state index in [9.17, 15) is 9.59 Å². The van der Waals surface area contributed by atoms with E-state index in [0.717, 1.165) is 6.42 Å². The van der Waals surface area contributed by atoms with E-state index in [2.05, 4.69) is 6.07 Å². The number of likely N-dealkylation sites (tertiary alicyclic amines) is 1. The zero-order chi connectivity index (χ0) is 13.1. The molecule has 0 spiro atoms. The SMILES string of the molecule is CCC(C(N)=O)N1CCC(c2cccs2)CC1=O. The van der Waals surface area contributed by atoms with E-state index in [1.165, 1.54) is 4.88 Å². The maximum absolute atomic E-state index is 12.1. The molecule has 2 rings (SSSR count). The average molecular weight is 266 g/mol. The van der Waals surface area contributed by atoms with Crippen LogP contribution in [0.3, 0.4) is 0 Å². The third kappa shape index (κ3) is 2.56. The Labute approximate surface area is 111 Å². The van der Waals surface area contributed by atoms with Crippen molar-refractivity contribution >= 4 is 23.2 Å². The monoisotopic (exact) mass is 266 g/mol. The number of carbonyl (C=O) groups excluding carboxylic acids is 2. The quantitative estimate of drug-likeness (QED) is 0.902. The van der Waals surface area contributed by atoms with Crippen LogP contribution in [0.5, 0.6) is 0 Å². The topological polar surface area (TPSA) is 63.4 Å². The Morgan fingerprint density at radius 2 is 2.44 bits per heavy atom. The standard InChI is InChI=1S/C13H18N2O2S/c1-2-10(13(14)17)15-6-5-9(8-12(15)16)11-4-3-7-18-11/h3-4,7,9-10H,2,5-6,8H2,1H3,(H2,14,17). The summed E-state index contributed by atoms with van der Waals surface area (Å²) in [6, 6.07) is 3.64. The lowest BCUT2D eigenvalue weighted by Crippen LogP contribution is -2.50. The van der Waals surface area contributed by atoms with Gasteiger partial charge in [-0.15, -0.1) is 11.3 Å². The van der Waals surface area contributed by atoms with Gasteiger partial charge in [-0.25, -0.2) is 0 Å². The molecule has 98 valence electrons. The molecule has 2 heterocycles. The fraction of sp³-hybridized carbons (Fsp3) is 0.538. The van der Waals surface area contributed by atoms with Gasteiger partial charge < -0.3 is 10.6 Å². The van der Waals surface area contributed by atoms with Crippen molar-refractivity contribution in [2.24, 2.45) is 5.73 Å². The molecule has 1 aliphatic rings. The van der Waals surface area contributed by atoms with Crippen molar-refractivity contribution in [3.63, 3.8) is 0 Å². The summed E-state index contributed by atoms with van der Waals surface area (Å²) in [6.45, 7) is 2.51. The maximum atomic E-state index is 12.1. The molecule has 2 unspecified atom stereocenters. The zero-order valence-electron chi connectivity index (χ0n) is 10.5. The van der Waals surface area contributed by atoms with Crippen molar-refractivity contribution in [1.82, 2.24) is 4.90 Å². The van der Waals surface area contributed by atoms with Crippen LogP contribution < -0.4 is 5.73 Å². The molecule has 1 aromatic rings. The van der Waals surface area contributed by atoms with Crippen LogP contribution in [0, 0.1) is 0 Å². The van der Waals surface area contributed by atoms with Crippen molar-refractivity contribution in [2.45, 2.75) is 38.1 Å². The molecule has 1 fully saturated rings. The van der Waals surface area contributed by atoms with E-state index in [-0.39, 0.29) is 5.91 Å². The number of primary amides is 1. The number of hydrogen-bond donors (Lipinski definition) is 1. The van der Waals surface area contributed by atoms with E-state index < -0.39 is 11.9 Å². The van der Waals surface area contributed by atoms with Gasteiger partial charge >= 0.3 is 0 Å². The zero-order valence-corrected chi connectivity index (χ0v) is 11.3. The molecule has 0 saturated carbocycles. The van der Waals surface area contributed by atoms with Gasteiger partial charge in [0.05, 0.1) is 0 Å². The number of hydrogen-bond acceptors (Lipinski definition) is 3. The van der Waals surface area contributed by atoms with Gasteiger partial charge in [0.1, 0.15) is 6.04 Å². The summed E-state index contributed by atoms with van der Waals surface area (Å²) < 4.78 is 0. The minimum absolute atomic E-state index is 0.0466. The third-order valence-electron chi connectivity index (χ3n) is 3.50. The van der Waals surface area contributed by atoms with Crippen LogP contribution in [-0.4, -0.2) is 29.3 Å². The van der Waals surface area contributed by atoms with E-state index in [0.29, 0.717) is 25.3 Å². The maximum Gasteiger partial charge on any atom is 0.240 e. The van der Waals surface area contributed by atoms with Crippen molar-refractivity contribution in [3.05, 3.63) is 22.4 Å². The van der Waals surface area contributed by atoms with Gasteiger partial charge in [0.2, 0.25) is 11.8 Å². The van der Waals surface area contributed by atoms with Gasteiger partial charge in [0.25, 0.3) is 0 Å². The predicted molar refractivity (Wildman–Crippen MR) is 71.3 cm³/mol. The van der Waals surface area contributed by atoms with Crippen LogP contribution in [0.4, 0.5) is 0 Å². The van der Waals surface area contributed by atoms with Crippen molar-refractivity contribution < 1.29 is 9.59 Å². The van der Waals surface area contributed by atoms with Gasteiger partial charge in [-0.2, -0.15) is 0 Å². The highest BCUT2D eigenvalue weighted by atomic mass is 32.1. The van der Waals surface area contributed by atoms with E-state index in [1.807, 2.05) is 18.4 Å². The Morgan fingerprint density at radius 3 is 2.94 bits per heavy atom. The summed E-state index contributed by atoms with van der Waals surface area (Å²) >= 11 is 1.69. The minimum atomic E-state index is -0.443. The van der Waals surface area contributed by atoms with E-state index in [4.69, 9.17) is 5.73 Å². The highest BCUT2D eigenvalue weighted by Gasteiger charge is 2.33. The van der Waals surface area contributed by atoms with Crippen molar-refractivity contribution in [3.8, 4) is 0 Å². The van der Waals surface area contributed by atoms with Crippen LogP contribution in [0.25, 0.3) is 0 Å². The second-order valence-corrected chi connectivity index (χ2v) is 5.60. The van der Waals surface area contributed by atoms with Crippen molar-refractivity contribution in [2.75, 3.05) is 6.54 Å². The summed E-state index contributed by atoms with van der Waals surface area (Å²) in [5.74, 6) is -0.0511. The summed E-state index contributed by atoms with van der Waals surface area (Å²) in [6.07, 6.45) is 1.99. The molecular weight excluding hydrogens is 248 g/mol. The van der Waals surface area contributed by atoms with Crippen LogP contribution >= 0.6 is 11.3 Å². The minimum Gasteiger partial charge on any atom is -0.368 e. The lowest BCUT2D eigenvalue weighted by molar-refractivity contribution is -0.142. The normalized spacial score (nSPS) is 21.9. The molecule has 4 nitrogen and oxygen atoms in total. The molecule has 1 aromatic heterocycles. The lowest BCUT2D eigenvalue weighted by atomic mass is 9.93. The van der Waals surface area contributed by atoms with Gasteiger partial charge in [0.15, 0.2) is 0 Å². The molecule has 1 saturated heterocycles. The Hall–Kier alpha value is -1.36. The number of carbonyl (C=O) groups is 2. The number of amides is 2. The van der Waals surface area contributed by atoms with Gasteiger partial charge in [-0.1, -0.05) is 13.0 Å². The van der Waals surface area contributed by atoms with Crippen LogP contribution in [0.15, 0.2) is 17.5 Å². The number of thiophene rings is 1. The predicted octanol–water partition coefficient (Wildman–Crippen LogP) is 1.72. The molecule has 2 N–H and O–H groups in total. The fourth-order valence-electron chi connectivity index (χ4n) is 2.52. The van der Waals surface area contributed by atoms with Gasteiger partial charge in [-0.05, 0) is 24.3 Å². The lowest BCUT2D eigenvalue weighted by Gasteiger charge is -2.35. The smallest absolute Gasteiger partial charge is 0.240 e. The molecule has 0 radical (unpaired) electrons. The Bertz CT molecular complexity index is 430. The number of rotatable bonds is 4. The number of nitrogens with zero attached hydrogens (tertiary/aromatic N) is 1. The molecule has 0 aromatic carbocycles.